The van der Waals surface area contributed by atoms with E-state index >= 15 is 0 Å². The number of aliphatic hydroxyl groups excluding tert-OH is 1. The van der Waals surface area contributed by atoms with Crippen LogP contribution in [0.5, 0.6) is 5.75 Å². The first kappa shape index (κ1) is 20.1. The Hall–Kier alpha value is -2.62. The van der Waals surface area contributed by atoms with E-state index in [0.29, 0.717) is 12.0 Å². The summed E-state index contributed by atoms with van der Waals surface area (Å²) in [5, 5.41) is 22.5. The van der Waals surface area contributed by atoms with Crippen LogP contribution < -0.4 is 16.2 Å². The smallest absolute Gasteiger partial charge is 0.416 e. The molecule has 1 aliphatic heterocycles. The number of halogens is 3. The molecule has 1 heterocycles. The van der Waals surface area contributed by atoms with Crippen LogP contribution in [0.3, 0.4) is 0 Å². The van der Waals surface area contributed by atoms with Crippen LogP contribution in [0.15, 0.2) is 48.5 Å². The van der Waals surface area contributed by atoms with Crippen LogP contribution in [-0.4, -0.2) is 28.7 Å². The molecule has 2 aromatic carbocycles. The molecule has 3 atom stereocenters. The summed E-state index contributed by atoms with van der Waals surface area (Å²) in [6.07, 6.45) is -5.41. The van der Waals surface area contributed by atoms with Crippen LogP contribution in [-0.2, 0) is 11.0 Å². The summed E-state index contributed by atoms with van der Waals surface area (Å²) in [4.78, 5) is 12.3. The molecule has 0 saturated carbocycles. The molecule has 0 aromatic heterocycles. The van der Waals surface area contributed by atoms with Gasteiger partial charge in [0, 0.05) is 12.1 Å². The lowest BCUT2D eigenvalue weighted by Crippen LogP contribution is -2.44. The van der Waals surface area contributed by atoms with Gasteiger partial charge in [-0.25, -0.2) is 10.9 Å². The number of carbonyl (C=O) groups is 1. The summed E-state index contributed by atoms with van der Waals surface area (Å²) in [6, 6.07) is 10.2. The Kier molecular flexibility index (Phi) is 5.87. The number of hydrogen-bond donors (Lipinski definition) is 5. The van der Waals surface area contributed by atoms with Crippen LogP contribution in [0.1, 0.15) is 35.3 Å². The summed E-state index contributed by atoms with van der Waals surface area (Å²) < 4.78 is 38.3. The molecule has 6 nitrogen and oxygen atoms in total. The highest BCUT2D eigenvalue weighted by Crippen LogP contribution is 2.31. The van der Waals surface area contributed by atoms with Crippen molar-refractivity contribution in [3.05, 3.63) is 65.2 Å². The highest BCUT2D eigenvalue weighted by atomic mass is 19.4. The van der Waals surface area contributed by atoms with Gasteiger partial charge in [0.15, 0.2) is 0 Å². The normalized spacial score (nSPS) is 20.7. The third kappa shape index (κ3) is 4.61. The molecule has 0 bridgehead atoms. The van der Waals surface area contributed by atoms with Crippen molar-refractivity contribution in [2.45, 2.75) is 30.8 Å². The molecule has 1 aliphatic rings. The van der Waals surface area contributed by atoms with E-state index in [2.05, 4.69) is 16.2 Å². The van der Waals surface area contributed by atoms with E-state index in [1.165, 1.54) is 12.1 Å². The van der Waals surface area contributed by atoms with Gasteiger partial charge in [-0.1, -0.05) is 30.3 Å². The Bertz CT molecular complexity index is 844. The summed E-state index contributed by atoms with van der Waals surface area (Å²) in [7, 11) is 0. The quantitative estimate of drug-likeness (QED) is 0.535. The van der Waals surface area contributed by atoms with Crippen LogP contribution in [0.2, 0.25) is 0 Å². The van der Waals surface area contributed by atoms with Crippen molar-refractivity contribution < 1.29 is 28.2 Å². The van der Waals surface area contributed by atoms with Crippen molar-refractivity contribution in [1.82, 2.24) is 16.2 Å². The van der Waals surface area contributed by atoms with Gasteiger partial charge in [0.25, 0.3) is 0 Å². The first-order chi connectivity index (χ1) is 13.3. The van der Waals surface area contributed by atoms with E-state index < -0.39 is 29.8 Å². The second-order valence-corrected chi connectivity index (χ2v) is 6.57. The van der Waals surface area contributed by atoms with E-state index in [1.54, 1.807) is 24.3 Å². The van der Waals surface area contributed by atoms with E-state index in [9.17, 15) is 28.2 Å². The van der Waals surface area contributed by atoms with E-state index in [0.717, 1.165) is 12.1 Å². The van der Waals surface area contributed by atoms with Crippen molar-refractivity contribution >= 4 is 5.91 Å². The Labute approximate surface area is 159 Å². The summed E-state index contributed by atoms with van der Waals surface area (Å²) >= 11 is 0. The SMILES string of the molecule is O=C(NCC(O)c1cccc(C(F)(F)F)c1)C1CC(c2ccccc2O)NN1. The van der Waals surface area contributed by atoms with Crippen molar-refractivity contribution in [1.29, 1.82) is 0 Å². The molecule has 1 saturated heterocycles. The maximum atomic E-state index is 12.8. The first-order valence-corrected chi connectivity index (χ1v) is 8.67. The fourth-order valence-electron chi connectivity index (χ4n) is 3.07. The molecule has 5 N–H and O–H groups in total. The largest absolute Gasteiger partial charge is 0.508 e. The molecular formula is C19H20F3N3O3. The monoisotopic (exact) mass is 395 g/mol. The van der Waals surface area contributed by atoms with E-state index in [4.69, 9.17) is 0 Å². The minimum atomic E-state index is -4.50. The van der Waals surface area contributed by atoms with Gasteiger partial charge in [0.1, 0.15) is 11.8 Å². The summed E-state index contributed by atoms with van der Waals surface area (Å²) in [6.45, 7) is -0.223. The number of rotatable bonds is 5. The Morgan fingerprint density at radius 1 is 1.18 bits per heavy atom. The zero-order valence-electron chi connectivity index (χ0n) is 14.7. The van der Waals surface area contributed by atoms with Gasteiger partial charge >= 0.3 is 6.18 Å². The standard InChI is InChI=1S/C19H20F3N3O3/c20-19(21,22)12-5-3-4-11(8-12)17(27)10-23-18(28)15-9-14(24-25-15)13-6-1-2-7-16(13)26/h1-8,14-15,17,24-27H,9-10H2,(H,23,28). The number of para-hydroxylation sites is 1. The van der Waals surface area contributed by atoms with Gasteiger partial charge in [-0.05, 0) is 30.2 Å². The predicted molar refractivity (Wildman–Crippen MR) is 94.9 cm³/mol. The number of aromatic hydroxyl groups is 1. The third-order valence-corrected chi connectivity index (χ3v) is 4.60. The molecule has 0 spiro atoms. The number of aliphatic hydroxyl groups is 1. The molecule has 3 unspecified atom stereocenters. The second-order valence-electron chi connectivity index (χ2n) is 6.57. The number of carbonyl (C=O) groups excluding carboxylic acids is 1. The molecule has 28 heavy (non-hydrogen) atoms. The van der Waals surface area contributed by atoms with Crippen LogP contribution in [0.4, 0.5) is 13.2 Å². The van der Waals surface area contributed by atoms with E-state index in [-0.39, 0.29) is 23.9 Å². The first-order valence-electron chi connectivity index (χ1n) is 8.67. The van der Waals surface area contributed by atoms with Crippen molar-refractivity contribution in [2.75, 3.05) is 6.54 Å². The number of benzene rings is 2. The Balaban J connectivity index is 1.55. The maximum absolute atomic E-state index is 12.8. The highest BCUT2D eigenvalue weighted by Gasteiger charge is 2.32. The fourth-order valence-corrected chi connectivity index (χ4v) is 3.07. The molecule has 2 aromatic rings. The number of hydrazine groups is 1. The Morgan fingerprint density at radius 3 is 2.64 bits per heavy atom. The number of hydrogen-bond acceptors (Lipinski definition) is 5. The average molecular weight is 395 g/mol. The third-order valence-electron chi connectivity index (χ3n) is 4.60. The van der Waals surface area contributed by atoms with Gasteiger partial charge in [-0.15, -0.1) is 0 Å². The topological polar surface area (TPSA) is 93.6 Å². The maximum Gasteiger partial charge on any atom is 0.416 e. The molecule has 1 fully saturated rings. The highest BCUT2D eigenvalue weighted by molar-refractivity contribution is 5.82. The van der Waals surface area contributed by atoms with Gasteiger partial charge < -0.3 is 15.5 Å². The zero-order chi connectivity index (χ0) is 20.3. The van der Waals surface area contributed by atoms with Crippen molar-refractivity contribution in [3.63, 3.8) is 0 Å². The minimum absolute atomic E-state index is 0.0692. The summed E-state index contributed by atoms with van der Waals surface area (Å²) in [5.74, 6) is -0.292. The zero-order valence-corrected chi connectivity index (χ0v) is 14.7. The van der Waals surface area contributed by atoms with Gasteiger partial charge in [0.2, 0.25) is 5.91 Å². The second kappa shape index (κ2) is 8.17. The Morgan fingerprint density at radius 2 is 1.93 bits per heavy atom. The number of nitrogens with one attached hydrogen (secondary N) is 3. The van der Waals surface area contributed by atoms with Gasteiger partial charge in [-0.2, -0.15) is 13.2 Å². The number of phenolic OH excluding ortho intramolecular Hbond substituents is 1. The van der Waals surface area contributed by atoms with E-state index in [1.807, 2.05) is 0 Å². The van der Waals surface area contributed by atoms with Gasteiger partial charge in [-0.3, -0.25) is 4.79 Å². The molecular weight excluding hydrogens is 375 g/mol. The molecule has 0 radical (unpaired) electrons. The van der Waals surface area contributed by atoms with Crippen molar-refractivity contribution in [2.24, 2.45) is 0 Å². The van der Waals surface area contributed by atoms with Gasteiger partial charge in [0.05, 0.1) is 17.7 Å². The van der Waals surface area contributed by atoms with Crippen molar-refractivity contribution in [3.8, 4) is 5.75 Å². The summed E-state index contributed by atoms with van der Waals surface area (Å²) in [5.41, 5.74) is 5.61. The molecule has 9 heteroatoms. The molecule has 1 amide bonds. The number of amides is 1. The lowest BCUT2D eigenvalue weighted by atomic mass is 10.0. The lowest BCUT2D eigenvalue weighted by molar-refractivity contribution is -0.137. The van der Waals surface area contributed by atoms with Crippen LogP contribution >= 0.6 is 0 Å². The number of alkyl halides is 3. The molecule has 3 rings (SSSR count). The number of phenols is 1. The lowest BCUT2D eigenvalue weighted by Gasteiger charge is -2.16. The van der Waals surface area contributed by atoms with Crippen LogP contribution in [0.25, 0.3) is 0 Å². The molecule has 150 valence electrons. The fraction of sp³-hybridized carbons (Fsp3) is 0.316. The minimum Gasteiger partial charge on any atom is -0.508 e. The van der Waals surface area contributed by atoms with Crippen LogP contribution in [0, 0.1) is 0 Å². The average Bonchev–Trinajstić information content (AvgIpc) is 3.15. The molecule has 0 aliphatic carbocycles. The predicted octanol–water partition coefficient (Wildman–Crippen LogP) is 2.17.